The lowest BCUT2D eigenvalue weighted by Crippen LogP contribution is -2.08. The summed E-state index contributed by atoms with van der Waals surface area (Å²) in [5.74, 6) is 0.738. The molecule has 2 aromatic heterocycles. The minimum atomic E-state index is 0.360. The summed E-state index contributed by atoms with van der Waals surface area (Å²) in [6.07, 6.45) is 1.51. The molecule has 0 aliphatic rings. The molecule has 0 saturated heterocycles. The van der Waals surface area contributed by atoms with Crippen LogP contribution in [0.3, 0.4) is 0 Å². The highest BCUT2D eigenvalue weighted by molar-refractivity contribution is 5.80. The van der Waals surface area contributed by atoms with Gasteiger partial charge < -0.3 is 5.73 Å². The number of hydrogen-bond acceptors (Lipinski definition) is 4. The molecule has 3 rings (SSSR count). The molecule has 5 nitrogen and oxygen atoms in total. The lowest BCUT2D eigenvalue weighted by atomic mass is 10.2. The average Bonchev–Trinajstić information content (AvgIpc) is 2.86. The first kappa shape index (κ1) is 10.9. The fraction of sp³-hybridized carbons (Fsp3) is 0.154. The lowest BCUT2D eigenvalue weighted by Gasteiger charge is -2.06. The normalized spacial score (nSPS) is 11.0. The highest BCUT2D eigenvalue weighted by atomic mass is 15.3. The van der Waals surface area contributed by atoms with Gasteiger partial charge in [0.1, 0.15) is 12.2 Å². The number of nitrogens with zero attached hydrogens (tertiary/aromatic N) is 4. The largest absolute Gasteiger partial charge is 0.324 e. The van der Waals surface area contributed by atoms with Crippen LogP contribution in [0, 0.1) is 6.92 Å². The predicted molar refractivity (Wildman–Crippen MR) is 69.3 cm³/mol. The Morgan fingerprint density at radius 1 is 1.22 bits per heavy atom. The van der Waals surface area contributed by atoms with Crippen molar-refractivity contribution in [2.45, 2.75) is 13.5 Å². The van der Waals surface area contributed by atoms with E-state index in [0.29, 0.717) is 6.54 Å². The van der Waals surface area contributed by atoms with Gasteiger partial charge in [-0.05, 0) is 25.1 Å². The van der Waals surface area contributed by atoms with Crippen LogP contribution in [-0.2, 0) is 6.54 Å². The van der Waals surface area contributed by atoms with Gasteiger partial charge in [0.05, 0.1) is 17.7 Å². The van der Waals surface area contributed by atoms with Crippen LogP contribution in [0.2, 0.25) is 0 Å². The van der Waals surface area contributed by atoms with E-state index in [1.54, 1.807) is 4.68 Å². The lowest BCUT2D eigenvalue weighted by molar-refractivity contribution is 0.790. The first-order valence-corrected chi connectivity index (χ1v) is 5.74. The summed E-state index contributed by atoms with van der Waals surface area (Å²) in [7, 11) is 0. The van der Waals surface area contributed by atoms with Crippen LogP contribution in [0.4, 0.5) is 0 Å². The van der Waals surface area contributed by atoms with E-state index in [1.807, 2.05) is 31.2 Å². The first-order chi connectivity index (χ1) is 8.78. The molecule has 0 radical (unpaired) electrons. The van der Waals surface area contributed by atoms with E-state index >= 15 is 0 Å². The van der Waals surface area contributed by atoms with Crippen LogP contribution < -0.4 is 5.73 Å². The molecule has 0 atom stereocenters. The molecule has 2 heterocycles. The third-order valence-corrected chi connectivity index (χ3v) is 2.86. The van der Waals surface area contributed by atoms with Crippen LogP contribution in [0.15, 0.2) is 36.7 Å². The van der Waals surface area contributed by atoms with Crippen LogP contribution in [-0.4, -0.2) is 19.7 Å². The molecule has 0 aliphatic heterocycles. The van der Waals surface area contributed by atoms with Crippen molar-refractivity contribution in [3.05, 3.63) is 48.2 Å². The second kappa shape index (κ2) is 4.19. The standard InChI is InChI=1S/C13H13N5/c1-9-2-3-10-4-5-11(6-12(10)17-9)18-13(7-14)15-8-16-18/h2-6,8H,7,14H2,1H3. The van der Waals surface area contributed by atoms with Gasteiger partial charge in [-0.15, -0.1) is 0 Å². The van der Waals surface area contributed by atoms with E-state index in [2.05, 4.69) is 21.1 Å². The van der Waals surface area contributed by atoms with Crippen LogP contribution >= 0.6 is 0 Å². The van der Waals surface area contributed by atoms with Gasteiger partial charge in [-0.25, -0.2) is 9.67 Å². The Balaban J connectivity index is 2.18. The molecule has 5 heteroatoms. The zero-order chi connectivity index (χ0) is 12.5. The quantitative estimate of drug-likeness (QED) is 0.737. The van der Waals surface area contributed by atoms with Crippen molar-refractivity contribution in [3.63, 3.8) is 0 Å². The molecule has 0 spiro atoms. The summed E-state index contributed by atoms with van der Waals surface area (Å²) in [5, 5.41) is 5.29. The van der Waals surface area contributed by atoms with Crippen LogP contribution in [0.25, 0.3) is 16.6 Å². The van der Waals surface area contributed by atoms with Gasteiger partial charge in [0.15, 0.2) is 0 Å². The number of pyridine rings is 1. The molecule has 18 heavy (non-hydrogen) atoms. The Hall–Kier alpha value is -2.27. The molecule has 0 unspecified atom stereocenters. The van der Waals surface area contributed by atoms with Crippen molar-refractivity contribution < 1.29 is 0 Å². The number of aromatic nitrogens is 4. The Labute approximate surface area is 104 Å². The van der Waals surface area contributed by atoms with Crippen LogP contribution in [0.1, 0.15) is 11.5 Å². The van der Waals surface area contributed by atoms with Gasteiger partial charge in [-0.3, -0.25) is 4.98 Å². The summed E-state index contributed by atoms with van der Waals surface area (Å²) in [6, 6.07) is 10.1. The molecule has 3 aromatic rings. The number of fused-ring (bicyclic) bond motifs is 1. The zero-order valence-electron chi connectivity index (χ0n) is 10.0. The fourth-order valence-electron chi connectivity index (χ4n) is 1.96. The molecule has 0 bridgehead atoms. The van der Waals surface area contributed by atoms with Gasteiger partial charge in [0, 0.05) is 11.1 Å². The minimum Gasteiger partial charge on any atom is -0.324 e. The molecule has 90 valence electrons. The third-order valence-electron chi connectivity index (χ3n) is 2.86. The number of rotatable bonds is 2. The van der Waals surface area contributed by atoms with Gasteiger partial charge in [-0.2, -0.15) is 5.10 Å². The Bertz CT molecular complexity index is 701. The molecular formula is C13H13N5. The topological polar surface area (TPSA) is 69.6 Å². The van der Waals surface area contributed by atoms with Crippen molar-refractivity contribution in [3.8, 4) is 5.69 Å². The number of benzene rings is 1. The number of hydrogen-bond donors (Lipinski definition) is 1. The maximum Gasteiger partial charge on any atom is 0.145 e. The second-order valence-electron chi connectivity index (χ2n) is 4.12. The summed E-state index contributed by atoms with van der Waals surface area (Å²) in [5.41, 5.74) is 8.51. The smallest absolute Gasteiger partial charge is 0.145 e. The summed E-state index contributed by atoms with van der Waals surface area (Å²) < 4.78 is 1.74. The Morgan fingerprint density at radius 2 is 2.06 bits per heavy atom. The number of nitrogens with two attached hydrogens (primary N) is 1. The SMILES string of the molecule is Cc1ccc2ccc(-n3ncnc3CN)cc2n1. The molecule has 0 fully saturated rings. The van der Waals surface area contributed by atoms with Crippen molar-refractivity contribution in [2.75, 3.05) is 0 Å². The van der Waals surface area contributed by atoms with E-state index in [9.17, 15) is 0 Å². The summed E-state index contributed by atoms with van der Waals surface area (Å²) in [4.78, 5) is 8.62. The average molecular weight is 239 g/mol. The van der Waals surface area contributed by atoms with Crippen molar-refractivity contribution in [2.24, 2.45) is 5.73 Å². The zero-order valence-corrected chi connectivity index (χ0v) is 10.0. The summed E-state index contributed by atoms with van der Waals surface area (Å²) in [6.45, 7) is 2.34. The van der Waals surface area contributed by atoms with E-state index < -0.39 is 0 Å². The van der Waals surface area contributed by atoms with Crippen LogP contribution in [0.5, 0.6) is 0 Å². The Kier molecular flexibility index (Phi) is 2.53. The highest BCUT2D eigenvalue weighted by Gasteiger charge is 2.06. The molecule has 1 aromatic carbocycles. The molecule has 0 saturated carbocycles. The van der Waals surface area contributed by atoms with Crippen molar-refractivity contribution >= 4 is 10.9 Å². The first-order valence-electron chi connectivity index (χ1n) is 5.74. The van der Waals surface area contributed by atoms with Crippen molar-refractivity contribution in [1.82, 2.24) is 19.7 Å². The Morgan fingerprint density at radius 3 is 2.89 bits per heavy atom. The summed E-state index contributed by atoms with van der Waals surface area (Å²) >= 11 is 0. The highest BCUT2D eigenvalue weighted by Crippen LogP contribution is 2.17. The van der Waals surface area contributed by atoms with E-state index in [-0.39, 0.29) is 0 Å². The van der Waals surface area contributed by atoms with E-state index in [1.165, 1.54) is 6.33 Å². The van der Waals surface area contributed by atoms with E-state index in [0.717, 1.165) is 28.1 Å². The van der Waals surface area contributed by atoms with Gasteiger partial charge in [0.2, 0.25) is 0 Å². The molecule has 0 aliphatic carbocycles. The van der Waals surface area contributed by atoms with Gasteiger partial charge >= 0.3 is 0 Å². The fourth-order valence-corrected chi connectivity index (χ4v) is 1.96. The van der Waals surface area contributed by atoms with E-state index in [4.69, 9.17) is 5.73 Å². The maximum atomic E-state index is 5.63. The number of aryl methyl sites for hydroxylation is 1. The monoisotopic (exact) mass is 239 g/mol. The minimum absolute atomic E-state index is 0.360. The van der Waals surface area contributed by atoms with Crippen molar-refractivity contribution in [1.29, 1.82) is 0 Å². The predicted octanol–water partition coefficient (Wildman–Crippen LogP) is 1.58. The second-order valence-corrected chi connectivity index (χ2v) is 4.12. The van der Waals surface area contributed by atoms with Gasteiger partial charge in [0.25, 0.3) is 0 Å². The molecular weight excluding hydrogens is 226 g/mol. The maximum absolute atomic E-state index is 5.63. The third kappa shape index (κ3) is 1.74. The van der Waals surface area contributed by atoms with Gasteiger partial charge in [-0.1, -0.05) is 12.1 Å². The molecule has 2 N–H and O–H groups in total. The molecule has 0 amide bonds.